The van der Waals surface area contributed by atoms with Crippen LogP contribution in [0.2, 0.25) is 0 Å². The van der Waals surface area contributed by atoms with Crippen molar-refractivity contribution in [2.75, 3.05) is 6.54 Å². The molecule has 1 aromatic heterocycles. The monoisotopic (exact) mass is 272 g/mol. The summed E-state index contributed by atoms with van der Waals surface area (Å²) in [4.78, 5) is 12.2. The van der Waals surface area contributed by atoms with Crippen molar-refractivity contribution in [3.05, 3.63) is 42.2 Å². The Kier molecular flexibility index (Phi) is 5.43. The number of unbranched alkanes of at least 4 members (excludes halogenated alkanes) is 3. The maximum atomic E-state index is 12.2. The van der Waals surface area contributed by atoms with Crippen LogP contribution in [-0.2, 0) is 0 Å². The molecule has 2 aromatic rings. The van der Waals surface area contributed by atoms with Crippen molar-refractivity contribution in [1.29, 1.82) is 0 Å². The van der Waals surface area contributed by atoms with Gasteiger partial charge in [-0.15, -0.1) is 5.10 Å². The van der Waals surface area contributed by atoms with E-state index < -0.39 is 0 Å². The molecule has 2 rings (SSSR count). The Morgan fingerprint density at radius 2 is 1.85 bits per heavy atom. The molecule has 0 bridgehead atoms. The smallest absolute Gasteiger partial charge is 0.182 e. The molecule has 0 atom stereocenters. The van der Waals surface area contributed by atoms with Crippen LogP contribution >= 0.6 is 0 Å². The molecule has 0 spiro atoms. The Morgan fingerprint density at radius 1 is 1.10 bits per heavy atom. The van der Waals surface area contributed by atoms with E-state index in [0.29, 0.717) is 12.1 Å². The summed E-state index contributed by atoms with van der Waals surface area (Å²) < 4.78 is 1.60. The number of carbonyl (C=O) groups excluding carboxylic acids is 1. The largest absolute Gasteiger partial charge is 0.330 e. The number of Topliss-reactive ketones (excluding diaryl/α,β-unsaturated/α-hetero) is 1. The highest BCUT2D eigenvalue weighted by Crippen LogP contribution is 2.12. The van der Waals surface area contributed by atoms with E-state index in [-0.39, 0.29) is 5.78 Å². The summed E-state index contributed by atoms with van der Waals surface area (Å²) in [5.41, 5.74) is 6.85. The molecule has 106 valence electrons. The van der Waals surface area contributed by atoms with Gasteiger partial charge < -0.3 is 5.73 Å². The molecule has 0 aliphatic carbocycles. The predicted molar refractivity (Wildman–Crippen MR) is 77.8 cm³/mol. The number of nitrogens with zero attached hydrogens (tertiary/aromatic N) is 3. The van der Waals surface area contributed by atoms with Crippen molar-refractivity contribution in [3.63, 3.8) is 0 Å². The Bertz CT molecular complexity index is 536. The first-order chi connectivity index (χ1) is 9.83. The molecule has 0 saturated heterocycles. The van der Waals surface area contributed by atoms with Gasteiger partial charge in [0.25, 0.3) is 0 Å². The van der Waals surface area contributed by atoms with Gasteiger partial charge in [0.05, 0.1) is 11.9 Å². The first-order valence-electron chi connectivity index (χ1n) is 7.02. The standard InChI is InChI=1S/C15H20N4O/c16-11-7-2-1-6-10-15(20)14-12-17-18-19(14)13-8-4-3-5-9-13/h3-5,8-9,12H,1-2,6-7,10-11,16H2. The maximum Gasteiger partial charge on any atom is 0.182 e. The minimum Gasteiger partial charge on any atom is -0.330 e. The van der Waals surface area contributed by atoms with Crippen molar-refractivity contribution < 1.29 is 4.79 Å². The highest BCUT2D eigenvalue weighted by Gasteiger charge is 2.13. The van der Waals surface area contributed by atoms with Gasteiger partial charge in [-0.1, -0.05) is 36.3 Å². The van der Waals surface area contributed by atoms with Crippen LogP contribution in [0.4, 0.5) is 0 Å². The number of hydrogen-bond donors (Lipinski definition) is 1. The van der Waals surface area contributed by atoms with Crippen LogP contribution in [0.5, 0.6) is 0 Å². The van der Waals surface area contributed by atoms with E-state index in [0.717, 1.165) is 37.9 Å². The lowest BCUT2D eigenvalue weighted by atomic mass is 10.1. The zero-order chi connectivity index (χ0) is 14.2. The molecule has 0 radical (unpaired) electrons. The fourth-order valence-corrected chi connectivity index (χ4v) is 2.10. The van der Waals surface area contributed by atoms with E-state index in [4.69, 9.17) is 5.73 Å². The summed E-state index contributed by atoms with van der Waals surface area (Å²) in [6, 6.07) is 9.58. The third-order valence-electron chi connectivity index (χ3n) is 3.19. The Hall–Kier alpha value is -2.01. The van der Waals surface area contributed by atoms with Crippen molar-refractivity contribution >= 4 is 5.78 Å². The number of benzene rings is 1. The molecule has 0 saturated carbocycles. The number of ketones is 1. The fourth-order valence-electron chi connectivity index (χ4n) is 2.10. The molecular weight excluding hydrogens is 252 g/mol. The predicted octanol–water partition coefficient (Wildman–Crippen LogP) is 2.36. The van der Waals surface area contributed by atoms with Gasteiger partial charge in [-0.2, -0.15) is 0 Å². The molecule has 5 heteroatoms. The van der Waals surface area contributed by atoms with Crippen molar-refractivity contribution in [2.24, 2.45) is 5.73 Å². The number of rotatable bonds is 8. The van der Waals surface area contributed by atoms with Gasteiger partial charge in [0, 0.05) is 6.42 Å². The molecule has 0 unspecified atom stereocenters. The fraction of sp³-hybridized carbons (Fsp3) is 0.400. The average Bonchev–Trinajstić information content (AvgIpc) is 2.97. The lowest BCUT2D eigenvalue weighted by Crippen LogP contribution is -2.09. The van der Waals surface area contributed by atoms with E-state index in [1.54, 1.807) is 4.68 Å². The summed E-state index contributed by atoms with van der Waals surface area (Å²) in [5.74, 6) is 0.0894. The third-order valence-corrected chi connectivity index (χ3v) is 3.19. The molecular formula is C15H20N4O. The normalized spacial score (nSPS) is 10.7. The first-order valence-corrected chi connectivity index (χ1v) is 7.02. The number of para-hydroxylation sites is 1. The molecule has 0 fully saturated rings. The van der Waals surface area contributed by atoms with Crippen LogP contribution in [0.3, 0.4) is 0 Å². The Morgan fingerprint density at radius 3 is 2.60 bits per heavy atom. The maximum absolute atomic E-state index is 12.2. The lowest BCUT2D eigenvalue weighted by molar-refractivity contribution is 0.0971. The zero-order valence-corrected chi connectivity index (χ0v) is 11.5. The number of carbonyl (C=O) groups is 1. The molecule has 0 aliphatic heterocycles. The molecule has 1 heterocycles. The van der Waals surface area contributed by atoms with Crippen molar-refractivity contribution in [1.82, 2.24) is 15.0 Å². The van der Waals surface area contributed by atoms with E-state index in [2.05, 4.69) is 10.3 Å². The van der Waals surface area contributed by atoms with Crippen molar-refractivity contribution in [3.8, 4) is 5.69 Å². The van der Waals surface area contributed by atoms with E-state index >= 15 is 0 Å². The first kappa shape index (κ1) is 14.4. The summed E-state index contributed by atoms with van der Waals surface area (Å²) in [7, 11) is 0. The summed E-state index contributed by atoms with van der Waals surface area (Å²) >= 11 is 0. The van der Waals surface area contributed by atoms with Crippen LogP contribution in [0, 0.1) is 0 Å². The Labute approximate surface area is 118 Å². The second kappa shape index (κ2) is 7.55. The highest BCUT2D eigenvalue weighted by atomic mass is 16.1. The van der Waals surface area contributed by atoms with E-state index in [1.165, 1.54) is 6.20 Å². The van der Waals surface area contributed by atoms with Gasteiger partial charge in [0.1, 0.15) is 5.69 Å². The van der Waals surface area contributed by atoms with Crippen LogP contribution in [0.1, 0.15) is 42.6 Å². The van der Waals surface area contributed by atoms with Gasteiger partial charge in [-0.25, -0.2) is 4.68 Å². The summed E-state index contributed by atoms with van der Waals surface area (Å²) in [5, 5.41) is 7.85. The van der Waals surface area contributed by atoms with Crippen LogP contribution in [0.25, 0.3) is 5.69 Å². The topological polar surface area (TPSA) is 73.8 Å². The van der Waals surface area contributed by atoms with E-state index in [1.807, 2.05) is 30.3 Å². The number of nitrogens with two attached hydrogens (primary N) is 1. The van der Waals surface area contributed by atoms with Crippen LogP contribution < -0.4 is 5.73 Å². The summed E-state index contributed by atoms with van der Waals surface area (Å²) in [6.45, 7) is 0.721. The quantitative estimate of drug-likeness (QED) is 0.591. The number of aromatic nitrogens is 3. The van der Waals surface area contributed by atoms with Gasteiger partial charge >= 0.3 is 0 Å². The Balaban J connectivity index is 1.96. The van der Waals surface area contributed by atoms with Gasteiger partial charge in [-0.3, -0.25) is 4.79 Å². The zero-order valence-electron chi connectivity index (χ0n) is 11.5. The average molecular weight is 272 g/mol. The second-order valence-electron chi connectivity index (χ2n) is 4.74. The van der Waals surface area contributed by atoms with Gasteiger partial charge in [0.15, 0.2) is 5.78 Å². The minimum atomic E-state index is 0.0894. The van der Waals surface area contributed by atoms with E-state index in [9.17, 15) is 4.79 Å². The molecule has 5 nitrogen and oxygen atoms in total. The molecule has 0 amide bonds. The molecule has 20 heavy (non-hydrogen) atoms. The van der Waals surface area contributed by atoms with Crippen molar-refractivity contribution in [2.45, 2.75) is 32.1 Å². The van der Waals surface area contributed by atoms with Gasteiger partial charge in [-0.05, 0) is 31.5 Å². The van der Waals surface area contributed by atoms with Crippen LogP contribution in [0.15, 0.2) is 36.5 Å². The highest BCUT2D eigenvalue weighted by molar-refractivity contribution is 5.94. The third kappa shape index (κ3) is 3.74. The molecule has 0 aliphatic rings. The van der Waals surface area contributed by atoms with Gasteiger partial charge in [0.2, 0.25) is 0 Å². The molecule has 2 N–H and O–H groups in total. The molecule has 1 aromatic carbocycles. The second-order valence-corrected chi connectivity index (χ2v) is 4.74. The number of hydrogen-bond acceptors (Lipinski definition) is 4. The lowest BCUT2D eigenvalue weighted by Gasteiger charge is -2.05. The summed E-state index contributed by atoms with van der Waals surface area (Å²) in [6.07, 6.45) is 6.10. The minimum absolute atomic E-state index is 0.0894. The SMILES string of the molecule is NCCCCCCC(=O)c1cnnn1-c1ccccc1. The van der Waals surface area contributed by atoms with Crippen LogP contribution in [-0.4, -0.2) is 27.3 Å².